The van der Waals surface area contributed by atoms with E-state index in [1.54, 1.807) is 32.6 Å². The average molecular weight is 603 g/mol. The smallest absolute Gasteiger partial charge is 0.341 e. The van der Waals surface area contributed by atoms with Gasteiger partial charge in [0.1, 0.15) is 11.2 Å². The van der Waals surface area contributed by atoms with E-state index in [-0.39, 0.29) is 16.4 Å². The summed E-state index contributed by atoms with van der Waals surface area (Å²) >= 11 is 0. The van der Waals surface area contributed by atoms with Crippen LogP contribution in [0.5, 0.6) is 0 Å². The normalized spacial score (nSPS) is 19.9. The minimum atomic E-state index is -1.36. The van der Waals surface area contributed by atoms with Crippen LogP contribution in [-0.4, -0.2) is 82.9 Å². The third kappa shape index (κ3) is 4.02. The van der Waals surface area contributed by atoms with Gasteiger partial charge < -0.3 is 30.6 Å². The third-order valence-corrected chi connectivity index (χ3v) is 9.46. The topological polar surface area (TPSA) is 131 Å². The zero-order chi connectivity index (χ0) is 31.0. The van der Waals surface area contributed by atoms with Crippen LogP contribution >= 0.6 is 0 Å². The Morgan fingerprint density at radius 2 is 1.91 bits per heavy atom. The number of aromatic carboxylic acids is 1. The van der Waals surface area contributed by atoms with Crippen LogP contribution in [0, 0.1) is 23.5 Å². The lowest BCUT2D eigenvalue weighted by Crippen LogP contribution is -2.35. The monoisotopic (exact) mass is 602 g/mol. The molecule has 1 aliphatic heterocycles. The molecule has 5 heterocycles. The number of fused-ring (bicyclic) bond motifs is 5. The molecule has 2 fully saturated rings. The van der Waals surface area contributed by atoms with Gasteiger partial charge in [-0.15, -0.1) is 0 Å². The number of nitrogens with one attached hydrogen (secondary N) is 3. The lowest BCUT2D eigenvalue weighted by Gasteiger charge is -2.28. The standard InChI is InChI=1S/C31H32F2N8O3/c1-34-21-8-20(32)25(33)23-24-27(40-11-14-5-6-22(39(3)4)18(14)12-40)17(10-36-29(24)38-26(21)23)15-7-16-28(42)19(31(43)44)13-41(35-2)30(16)37-9-15/h7-10,13-14,18,22,34-35H,5-6,11-12H2,1-4H3,(H,36,38)(H,43,44)/t14-,18+,22-/m1/s1. The highest BCUT2D eigenvalue weighted by Gasteiger charge is 2.44. The van der Waals surface area contributed by atoms with Gasteiger partial charge in [0.05, 0.1) is 33.1 Å². The molecule has 3 atom stereocenters. The van der Waals surface area contributed by atoms with Crippen LogP contribution < -0.4 is 21.1 Å². The first-order valence-corrected chi connectivity index (χ1v) is 14.5. The van der Waals surface area contributed by atoms with Gasteiger partial charge in [-0.2, -0.15) is 0 Å². The van der Waals surface area contributed by atoms with E-state index in [1.807, 2.05) is 0 Å². The molecule has 13 heteroatoms. The van der Waals surface area contributed by atoms with Crippen LogP contribution in [0.3, 0.4) is 0 Å². The predicted molar refractivity (Wildman–Crippen MR) is 166 cm³/mol. The van der Waals surface area contributed by atoms with Crippen molar-refractivity contribution >= 4 is 50.3 Å². The number of halogens is 2. The van der Waals surface area contributed by atoms with Crippen LogP contribution in [0.4, 0.5) is 20.2 Å². The van der Waals surface area contributed by atoms with Gasteiger partial charge >= 0.3 is 5.97 Å². The fourth-order valence-corrected chi connectivity index (χ4v) is 7.42. The number of carbonyl (C=O) groups is 1. The zero-order valence-corrected chi connectivity index (χ0v) is 24.7. The summed E-state index contributed by atoms with van der Waals surface area (Å²) in [6, 6.07) is 3.12. The number of pyridine rings is 3. The lowest BCUT2D eigenvalue weighted by atomic mass is 9.97. The number of rotatable bonds is 6. The molecule has 0 radical (unpaired) electrons. The molecule has 0 unspecified atom stereocenters. The summed E-state index contributed by atoms with van der Waals surface area (Å²) in [5.74, 6) is -2.50. The highest BCUT2D eigenvalue weighted by Crippen LogP contribution is 2.48. The fraction of sp³-hybridized carbons (Fsp3) is 0.355. The van der Waals surface area contributed by atoms with E-state index in [4.69, 9.17) is 0 Å². The number of aromatic nitrogens is 4. The Hall–Kier alpha value is -4.78. The molecule has 1 saturated carbocycles. The highest BCUT2D eigenvalue weighted by molar-refractivity contribution is 6.18. The van der Waals surface area contributed by atoms with Crippen molar-refractivity contribution in [1.29, 1.82) is 0 Å². The maximum Gasteiger partial charge on any atom is 0.341 e. The number of benzene rings is 1. The molecule has 1 aliphatic carbocycles. The Labute approximate surface area is 250 Å². The molecule has 0 spiro atoms. The van der Waals surface area contributed by atoms with Gasteiger partial charge in [0, 0.05) is 69.0 Å². The van der Waals surface area contributed by atoms with Gasteiger partial charge in [-0.1, -0.05) is 0 Å². The van der Waals surface area contributed by atoms with Gasteiger partial charge in [-0.3, -0.25) is 4.79 Å². The summed E-state index contributed by atoms with van der Waals surface area (Å²) in [6.07, 6.45) is 6.61. The lowest BCUT2D eigenvalue weighted by molar-refractivity contribution is 0.0695. The van der Waals surface area contributed by atoms with E-state index < -0.39 is 28.6 Å². The summed E-state index contributed by atoms with van der Waals surface area (Å²) in [6.45, 7) is 1.43. The molecule has 4 N–H and O–H groups in total. The predicted octanol–water partition coefficient (Wildman–Crippen LogP) is 4.06. The highest BCUT2D eigenvalue weighted by atomic mass is 19.2. The first-order chi connectivity index (χ1) is 21.1. The molecular weight excluding hydrogens is 570 g/mol. The van der Waals surface area contributed by atoms with Gasteiger partial charge in [-0.05, 0) is 44.8 Å². The van der Waals surface area contributed by atoms with Crippen molar-refractivity contribution in [3.63, 3.8) is 0 Å². The zero-order valence-electron chi connectivity index (χ0n) is 24.7. The quantitative estimate of drug-likeness (QED) is 0.227. The summed E-state index contributed by atoms with van der Waals surface area (Å²) in [4.78, 5) is 42.1. The molecule has 4 aromatic heterocycles. The van der Waals surface area contributed by atoms with E-state index in [0.717, 1.165) is 25.5 Å². The van der Waals surface area contributed by atoms with Gasteiger partial charge in [0.25, 0.3) is 0 Å². The second kappa shape index (κ2) is 10.2. The second-order valence-corrected chi connectivity index (χ2v) is 11.9. The molecule has 0 bridgehead atoms. The first-order valence-electron chi connectivity index (χ1n) is 14.5. The van der Waals surface area contributed by atoms with E-state index >= 15 is 4.39 Å². The van der Waals surface area contributed by atoms with Crippen molar-refractivity contribution in [3.8, 4) is 11.1 Å². The molecule has 7 rings (SSSR count). The molecule has 5 aromatic rings. The SMILES string of the molecule is CNc1cc(F)c(F)c2c1[nH]c1ncc(-c3cnc4c(c3)c(=O)c(C(=O)O)cn4NC)c(N3C[C@H]4CC[C@@H](N(C)C)[C@H]4C3)c12. The number of carboxylic acids is 1. The van der Waals surface area contributed by atoms with Crippen molar-refractivity contribution in [2.75, 3.05) is 56.9 Å². The summed E-state index contributed by atoms with van der Waals surface area (Å²) in [5.41, 5.74) is 4.98. The van der Waals surface area contributed by atoms with Crippen LogP contribution in [-0.2, 0) is 0 Å². The maximum absolute atomic E-state index is 15.7. The number of H-pyrrole nitrogens is 1. The molecule has 0 amide bonds. The molecule has 1 saturated heterocycles. The Balaban J connectivity index is 1.53. The Morgan fingerprint density at radius 1 is 1.11 bits per heavy atom. The van der Waals surface area contributed by atoms with Gasteiger partial charge in [-0.25, -0.2) is 28.2 Å². The Bertz CT molecular complexity index is 2060. The molecular formula is C31H32F2N8O3. The van der Waals surface area contributed by atoms with E-state index in [2.05, 4.69) is 49.6 Å². The number of anilines is 2. The summed E-state index contributed by atoms with van der Waals surface area (Å²) in [5, 5.41) is 13.3. The Morgan fingerprint density at radius 3 is 2.61 bits per heavy atom. The number of carboxylic acid groups (broad SMARTS) is 1. The van der Waals surface area contributed by atoms with E-state index in [1.165, 1.54) is 10.9 Å². The third-order valence-electron chi connectivity index (χ3n) is 9.46. The molecule has 44 heavy (non-hydrogen) atoms. The average Bonchev–Trinajstić information content (AvgIpc) is 3.71. The second-order valence-electron chi connectivity index (χ2n) is 11.9. The summed E-state index contributed by atoms with van der Waals surface area (Å²) < 4.78 is 32.1. The molecule has 2 aliphatic rings. The number of aromatic amines is 1. The van der Waals surface area contributed by atoms with E-state index in [0.29, 0.717) is 63.5 Å². The van der Waals surface area contributed by atoms with Crippen molar-refractivity contribution in [2.45, 2.75) is 18.9 Å². The van der Waals surface area contributed by atoms with E-state index in [9.17, 15) is 19.1 Å². The van der Waals surface area contributed by atoms with Crippen molar-refractivity contribution in [1.82, 2.24) is 24.5 Å². The molecule has 228 valence electrons. The van der Waals surface area contributed by atoms with Crippen LogP contribution in [0.2, 0.25) is 0 Å². The maximum atomic E-state index is 15.7. The van der Waals surface area contributed by atoms with Crippen LogP contribution in [0.15, 0.2) is 35.5 Å². The van der Waals surface area contributed by atoms with Crippen molar-refractivity contribution in [3.05, 3.63) is 58.1 Å². The molecule has 11 nitrogen and oxygen atoms in total. The van der Waals surface area contributed by atoms with Gasteiger partial charge in [0.2, 0.25) is 5.43 Å². The molecule has 1 aromatic carbocycles. The van der Waals surface area contributed by atoms with Gasteiger partial charge in [0.15, 0.2) is 17.3 Å². The first kappa shape index (κ1) is 28.0. The van der Waals surface area contributed by atoms with Crippen LogP contribution in [0.1, 0.15) is 23.2 Å². The van der Waals surface area contributed by atoms with Crippen molar-refractivity contribution < 1.29 is 18.7 Å². The number of hydrogen-bond acceptors (Lipinski definition) is 8. The minimum absolute atomic E-state index is 0.0920. The van der Waals surface area contributed by atoms with Crippen molar-refractivity contribution in [2.24, 2.45) is 11.8 Å². The van der Waals surface area contributed by atoms with Crippen LogP contribution in [0.25, 0.3) is 44.1 Å². The fourth-order valence-electron chi connectivity index (χ4n) is 7.42. The number of hydrogen-bond donors (Lipinski definition) is 4. The number of nitrogens with zero attached hydrogens (tertiary/aromatic N) is 5. The minimum Gasteiger partial charge on any atom is -0.477 e. The Kier molecular flexibility index (Phi) is 6.46. The largest absolute Gasteiger partial charge is 0.477 e. The summed E-state index contributed by atoms with van der Waals surface area (Å²) in [7, 11) is 7.42.